The molecule has 8 heteroatoms. The number of halogens is 1. The number of nitrogens with one attached hydrogen (secondary N) is 2. The van der Waals surface area contributed by atoms with Crippen LogP contribution in [0.15, 0.2) is 53.9 Å². The molecule has 0 bridgehead atoms. The highest BCUT2D eigenvalue weighted by atomic mass is 32.1. The molecule has 2 aromatic carbocycles. The fourth-order valence-corrected chi connectivity index (χ4v) is 4.85. The molecule has 1 saturated heterocycles. The second kappa shape index (κ2) is 10.1. The summed E-state index contributed by atoms with van der Waals surface area (Å²) in [7, 11) is 1.53. The first-order valence-electron chi connectivity index (χ1n) is 10.9. The molecule has 0 unspecified atom stereocenters. The Morgan fingerprint density at radius 3 is 2.82 bits per heavy atom. The minimum absolute atomic E-state index is 0.0741. The Morgan fingerprint density at radius 1 is 1.27 bits per heavy atom. The summed E-state index contributed by atoms with van der Waals surface area (Å²) in [6, 6.07) is 14.5. The van der Waals surface area contributed by atoms with Crippen molar-refractivity contribution < 1.29 is 18.7 Å². The fraction of sp³-hybridized carbons (Fsp3) is 0.320. The van der Waals surface area contributed by atoms with E-state index in [1.807, 2.05) is 35.7 Å². The molecular formula is C25H26FN3O3S. The van der Waals surface area contributed by atoms with E-state index < -0.39 is 5.54 Å². The van der Waals surface area contributed by atoms with Crippen LogP contribution >= 0.6 is 11.3 Å². The summed E-state index contributed by atoms with van der Waals surface area (Å²) < 4.78 is 19.6. The molecule has 2 N–H and O–H groups in total. The molecule has 1 atom stereocenters. The number of hydrogen-bond donors (Lipinski definition) is 2. The Kier molecular flexibility index (Phi) is 7.03. The number of carbonyl (C=O) groups excluding carboxylic acids is 2. The fourth-order valence-electron chi connectivity index (χ4n) is 4.11. The van der Waals surface area contributed by atoms with Crippen molar-refractivity contribution in [1.82, 2.24) is 15.6 Å². The standard InChI is InChI=1S/C25H26FN3O3S/c1-32-19-7-8-20(26)18(13-19)14-25(12-10-23(31)29-25)11-9-22(30)27-15-24-28-21(16-33-24)17-5-3-2-4-6-17/h2-8,13,16H,9-12,14-15H2,1H3,(H,27,30)(H,29,31)/t25-/m1/s1. The second-order valence-electron chi connectivity index (χ2n) is 8.23. The van der Waals surface area contributed by atoms with Crippen LogP contribution in [0.3, 0.4) is 0 Å². The van der Waals surface area contributed by atoms with Crippen molar-refractivity contribution in [2.24, 2.45) is 0 Å². The Hall–Kier alpha value is -3.26. The third-order valence-corrected chi connectivity index (χ3v) is 6.75. The van der Waals surface area contributed by atoms with Gasteiger partial charge < -0.3 is 15.4 Å². The van der Waals surface area contributed by atoms with Gasteiger partial charge in [-0.1, -0.05) is 30.3 Å². The number of benzene rings is 2. The minimum Gasteiger partial charge on any atom is -0.497 e. The lowest BCUT2D eigenvalue weighted by atomic mass is 9.84. The molecule has 1 fully saturated rings. The van der Waals surface area contributed by atoms with Gasteiger partial charge in [-0.25, -0.2) is 9.37 Å². The third kappa shape index (κ3) is 5.76. The Labute approximate surface area is 196 Å². The molecule has 4 rings (SSSR count). The van der Waals surface area contributed by atoms with Gasteiger partial charge in [0.2, 0.25) is 11.8 Å². The molecule has 1 aliphatic rings. The molecule has 3 aromatic rings. The monoisotopic (exact) mass is 467 g/mol. The van der Waals surface area contributed by atoms with Crippen molar-refractivity contribution in [3.8, 4) is 17.0 Å². The smallest absolute Gasteiger partial charge is 0.220 e. The predicted octanol–water partition coefficient (Wildman–Crippen LogP) is 4.25. The number of methoxy groups -OCH3 is 1. The summed E-state index contributed by atoms with van der Waals surface area (Å²) in [5.41, 5.74) is 1.74. The molecular weight excluding hydrogens is 441 g/mol. The van der Waals surface area contributed by atoms with Crippen molar-refractivity contribution in [2.75, 3.05) is 7.11 Å². The van der Waals surface area contributed by atoms with E-state index in [9.17, 15) is 14.0 Å². The Balaban J connectivity index is 1.35. The van der Waals surface area contributed by atoms with Gasteiger partial charge >= 0.3 is 0 Å². The second-order valence-corrected chi connectivity index (χ2v) is 9.17. The third-order valence-electron chi connectivity index (χ3n) is 5.91. The highest BCUT2D eigenvalue weighted by Gasteiger charge is 2.38. The SMILES string of the molecule is COc1ccc(F)c(C[C@@]2(CCC(=O)NCc3nc(-c4ccccc4)cs3)CCC(=O)N2)c1. The van der Waals surface area contributed by atoms with Crippen molar-refractivity contribution in [1.29, 1.82) is 0 Å². The number of nitrogens with zero attached hydrogens (tertiary/aromatic N) is 1. The molecule has 1 aromatic heterocycles. The zero-order valence-corrected chi connectivity index (χ0v) is 19.2. The maximum absolute atomic E-state index is 14.4. The number of hydrogen-bond acceptors (Lipinski definition) is 5. The number of thiazole rings is 1. The lowest BCUT2D eigenvalue weighted by Gasteiger charge is -2.29. The average Bonchev–Trinajstić information content (AvgIpc) is 3.45. The molecule has 0 spiro atoms. The van der Waals surface area contributed by atoms with Crippen LogP contribution in [0.1, 0.15) is 36.3 Å². The van der Waals surface area contributed by atoms with Crippen LogP contribution in [-0.4, -0.2) is 29.4 Å². The van der Waals surface area contributed by atoms with Gasteiger partial charge in [-0.15, -0.1) is 11.3 Å². The van der Waals surface area contributed by atoms with Crippen LogP contribution in [-0.2, 0) is 22.6 Å². The average molecular weight is 468 g/mol. The van der Waals surface area contributed by atoms with Gasteiger partial charge in [-0.05, 0) is 43.0 Å². The lowest BCUT2D eigenvalue weighted by Crippen LogP contribution is -2.44. The predicted molar refractivity (Wildman–Crippen MR) is 125 cm³/mol. The Morgan fingerprint density at radius 2 is 2.09 bits per heavy atom. The van der Waals surface area contributed by atoms with Gasteiger partial charge in [0.05, 0.1) is 19.3 Å². The van der Waals surface area contributed by atoms with E-state index in [0.717, 1.165) is 16.3 Å². The van der Waals surface area contributed by atoms with Crippen molar-refractivity contribution >= 4 is 23.2 Å². The highest BCUT2D eigenvalue weighted by molar-refractivity contribution is 7.09. The maximum atomic E-state index is 14.4. The topological polar surface area (TPSA) is 80.3 Å². The van der Waals surface area contributed by atoms with Crippen LogP contribution in [0.5, 0.6) is 5.75 Å². The van der Waals surface area contributed by atoms with E-state index in [4.69, 9.17) is 4.74 Å². The lowest BCUT2D eigenvalue weighted by molar-refractivity contribution is -0.122. The molecule has 2 amide bonds. The highest BCUT2D eigenvalue weighted by Crippen LogP contribution is 2.31. The van der Waals surface area contributed by atoms with Crippen molar-refractivity contribution in [3.63, 3.8) is 0 Å². The maximum Gasteiger partial charge on any atom is 0.220 e. The van der Waals surface area contributed by atoms with Gasteiger partial charge in [0.25, 0.3) is 0 Å². The van der Waals surface area contributed by atoms with Gasteiger partial charge in [-0.2, -0.15) is 0 Å². The summed E-state index contributed by atoms with van der Waals surface area (Å²) >= 11 is 1.50. The van der Waals surface area contributed by atoms with Gasteiger partial charge in [-0.3, -0.25) is 9.59 Å². The van der Waals surface area contributed by atoms with E-state index in [1.54, 1.807) is 12.1 Å². The summed E-state index contributed by atoms with van der Waals surface area (Å²) in [5, 5.41) is 8.70. The number of rotatable bonds is 9. The zero-order chi connectivity index (χ0) is 23.3. The Bertz CT molecular complexity index is 1130. The van der Waals surface area contributed by atoms with Crippen LogP contribution in [0.2, 0.25) is 0 Å². The normalized spacial score (nSPS) is 17.6. The molecule has 172 valence electrons. The van der Waals surface area contributed by atoms with Crippen molar-refractivity contribution in [2.45, 2.75) is 44.2 Å². The summed E-state index contributed by atoms with van der Waals surface area (Å²) in [5.74, 6) is 0.00809. The summed E-state index contributed by atoms with van der Waals surface area (Å²) in [4.78, 5) is 29.1. The van der Waals surface area contributed by atoms with Gasteiger partial charge in [0.15, 0.2) is 0 Å². The number of ether oxygens (including phenoxy) is 1. The minimum atomic E-state index is -0.650. The van der Waals surface area contributed by atoms with E-state index in [-0.39, 0.29) is 24.1 Å². The van der Waals surface area contributed by atoms with Crippen LogP contribution in [0.25, 0.3) is 11.3 Å². The van der Waals surface area contributed by atoms with Crippen molar-refractivity contribution in [3.05, 3.63) is 70.3 Å². The first-order valence-corrected chi connectivity index (χ1v) is 11.7. The van der Waals surface area contributed by atoms with E-state index in [2.05, 4.69) is 15.6 Å². The molecule has 33 heavy (non-hydrogen) atoms. The van der Waals surface area contributed by atoms with Crippen LogP contribution in [0.4, 0.5) is 4.39 Å². The first-order chi connectivity index (χ1) is 16.0. The number of aromatic nitrogens is 1. The van der Waals surface area contributed by atoms with Crippen LogP contribution in [0, 0.1) is 5.82 Å². The van der Waals surface area contributed by atoms with E-state index >= 15 is 0 Å². The number of amides is 2. The zero-order valence-electron chi connectivity index (χ0n) is 18.4. The molecule has 6 nitrogen and oxygen atoms in total. The molecule has 2 heterocycles. The largest absolute Gasteiger partial charge is 0.497 e. The molecule has 0 aliphatic carbocycles. The van der Waals surface area contributed by atoms with E-state index in [0.29, 0.717) is 43.5 Å². The molecule has 0 radical (unpaired) electrons. The molecule has 0 saturated carbocycles. The van der Waals surface area contributed by atoms with Gasteiger partial charge in [0, 0.05) is 29.3 Å². The number of carbonyl (C=O) groups is 2. The first kappa shape index (κ1) is 22.9. The summed E-state index contributed by atoms with van der Waals surface area (Å²) in [6.07, 6.45) is 1.89. The summed E-state index contributed by atoms with van der Waals surface area (Å²) in [6.45, 7) is 0.347. The van der Waals surface area contributed by atoms with Crippen LogP contribution < -0.4 is 15.4 Å². The quantitative estimate of drug-likeness (QED) is 0.493. The molecule has 1 aliphatic heterocycles. The van der Waals surface area contributed by atoms with E-state index in [1.165, 1.54) is 24.5 Å². The van der Waals surface area contributed by atoms with Gasteiger partial charge in [0.1, 0.15) is 16.6 Å².